The molecule has 0 aromatic carbocycles. The SMILES string of the molecule is Cl.O=C(N[C@H]1CCCC[C@@H]1O)c1cc(Cc2ccnc(F)c2)c2c(n1)CNCC2. The summed E-state index contributed by atoms with van der Waals surface area (Å²) < 4.78 is 13.5. The average molecular weight is 421 g/mol. The molecule has 2 atom stereocenters. The van der Waals surface area contributed by atoms with Crippen LogP contribution in [0.3, 0.4) is 0 Å². The molecule has 3 N–H and O–H groups in total. The van der Waals surface area contributed by atoms with Gasteiger partial charge in [0.1, 0.15) is 5.69 Å². The molecule has 0 saturated heterocycles. The zero-order valence-corrected chi connectivity index (χ0v) is 17.0. The van der Waals surface area contributed by atoms with Gasteiger partial charge in [-0.1, -0.05) is 12.8 Å². The zero-order valence-electron chi connectivity index (χ0n) is 16.2. The van der Waals surface area contributed by atoms with E-state index in [4.69, 9.17) is 0 Å². The van der Waals surface area contributed by atoms with E-state index in [-0.39, 0.29) is 24.4 Å². The summed E-state index contributed by atoms with van der Waals surface area (Å²) in [5.74, 6) is -0.771. The Labute approximate surface area is 175 Å². The normalized spacial score (nSPS) is 21.0. The number of hydrogen-bond acceptors (Lipinski definition) is 5. The lowest BCUT2D eigenvalue weighted by molar-refractivity contribution is 0.0713. The number of amides is 1. The lowest BCUT2D eigenvalue weighted by Crippen LogP contribution is -2.45. The first-order valence-electron chi connectivity index (χ1n) is 9.92. The number of aliphatic hydroxyl groups excluding tert-OH is 1. The van der Waals surface area contributed by atoms with E-state index in [0.29, 0.717) is 25.1 Å². The summed E-state index contributed by atoms with van der Waals surface area (Å²) in [7, 11) is 0. The summed E-state index contributed by atoms with van der Waals surface area (Å²) in [6.45, 7) is 1.46. The summed E-state index contributed by atoms with van der Waals surface area (Å²) >= 11 is 0. The van der Waals surface area contributed by atoms with E-state index in [0.717, 1.165) is 54.6 Å². The second-order valence-corrected chi connectivity index (χ2v) is 7.61. The van der Waals surface area contributed by atoms with Gasteiger partial charge in [-0.25, -0.2) is 9.97 Å². The Balaban J connectivity index is 0.00000240. The molecular weight excluding hydrogens is 395 g/mol. The van der Waals surface area contributed by atoms with Gasteiger partial charge in [0.25, 0.3) is 5.91 Å². The number of carbonyl (C=O) groups excluding carboxylic acids is 1. The number of fused-ring (bicyclic) bond motifs is 1. The van der Waals surface area contributed by atoms with Crippen LogP contribution in [-0.4, -0.2) is 39.7 Å². The quantitative estimate of drug-likeness (QED) is 0.661. The monoisotopic (exact) mass is 420 g/mol. The first-order chi connectivity index (χ1) is 13.6. The van der Waals surface area contributed by atoms with Gasteiger partial charge in [0, 0.05) is 12.7 Å². The number of aliphatic hydroxyl groups is 1. The van der Waals surface area contributed by atoms with Crippen LogP contribution in [0.1, 0.15) is 58.6 Å². The molecular formula is C21H26ClFN4O2. The number of pyridine rings is 2. The summed E-state index contributed by atoms with van der Waals surface area (Å²) in [5, 5.41) is 16.4. The van der Waals surface area contributed by atoms with Crippen LogP contribution >= 0.6 is 12.4 Å². The largest absolute Gasteiger partial charge is 0.391 e. The van der Waals surface area contributed by atoms with Gasteiger partial charge in [-0.05, 0) is 67.1 Å². The molecule has 1 aliphatic carbocycles. The van der Waals surface area contributed by atoms with E-state index in [2.05, 4.69) is 20.6 Å². The molecule has 1 saturated carbocycles. The van der Waals surface area contributed by atoms with Crippen molar-refractivity contribution in [2.45, 2.75) is 57.2 Å². The number of nitrogens with one attached hydrogen (secondary N) is 2. The Morgan fingerprint density at radius 3 is 2.93 bits per heavy atom. The standard InChI is InChI=1S/C21H25FN4O2.ClH/c22-20-10-13(5-8-24-20)9-14-11-17(25-18-12-23-7-6-15(14)18)21(28)26-16-3-1-2-4-19(16)27;/h5,8,10-11,16,19,23,27H,1-4,6-7,9,12H2,(H,26,28);1H/t16-,19-;/m0./s1. The zero-order chi connectivity index (χ0) is 19.5. The average Bonchev–Trinajstić information content (AvgIpc) is 2.69. The van der Waals surface area contributed by atoms with Gasteiger partial charge < -0.3 is 15.7 Å². The van der Waals surface area contributed by atoms with Gasteiger partial charge in [0.15, 0.2) is 0 Å². The molecule has 6 nitrogen and oxygen atoms in total. The molecule has 0 unspecified atom stereocenters. The molecule has 2 aromatic heterocycles. The molecule has 8 heteroatoms. The van der Waals surface area contributed by atoms with Gasteiger partial charge in [0.05, 0.1) is 17.8 Å². The molecule has 0 bridgehead atoms. The fraction of sp³-hybridized carbons (Fsp3) is 0.476. The van der Waals surface area contributed by atoms with Crippen LogP contribution in [0.5, 0.6) is 0 Å². The van der Waals surface area contributed by atoms with Crippen molar-refractivity contribution in [3.8, 4) is 0 Å². The van der Waals surface area contributed by atoms with E-state index in [1.807, 2.05) is 6.07 Å². The molecule has 1 amide bonds. The second-order valence-electron chi connectivity index (χ2n) is 7.61. The Hall–Kier alpha value is -2.09. The van der Waals surface area contributed by atoms with Gasteiger partial charge in [-0.2, -0.15) is 4.39 Å². The predicted octanol–water partition coefficient (Wildman–Crippen LogP) is 2.31. The third-order valence-electron chi connectivity index (χ3n) is 5.61. The topological polar surface area (TPSA) is 87.1 Å². The van der Waals surface area contributed by atoms with Crippen LogP contribution in [0.25, 0.3) is 0 Å². The number of nitrogens with zero attached hydrogens (tertiary/aromatic N) is 2. The lowest BCUT2D eigenvalue weighted by Gasteiger charge is -2.28. The molecule has 3 heterocycles. The van der Waals surface area contributed by atoms with Gasteiger partial charge in [-0.15, -0.1) is 12.4 Å². The van der Waals surface area contributed by atoms with Crippen LogP contribution in [0, 0.1) is 5.95 Å². The minimum Gasteiger partial charge on any atom is -0.391 e. The first kappa shape index (κ1) is 21.6. The molecule has 0 spiro atoms. The number of aromatic nitrogens is 2. The molecule has 156 valence electrons. The molecule has 4 rings (SSSR count). The van der Waals surface area contributed by atoms with Crippen molar-refractivity contribution in [1.29, 1.82) is 0 Å². The highest BCUT2D eigenvalue weighted by molar-refractivity contribution is 5.93. The van der Waals surface area contributed by atoms with Crippen LogP contribution in [0.15, 0.2) is 24.4 Å². The predicted molar refractivity (Wildman–Crippen MR) is 110 cm³/mol. The summed E-state index contributed by atoms with van der Waals surface area (Å²) in [4.78, 5) is 21.0. The van der Waals surface area contributed by atoms with Crippen molar-refractivity contribution in [3.05, 3.63) is 58.4 Å². The second kappa shape index (κ2) is 9.61. The van der Waals surface area contributed by atoms with E-state index in [1.54, 1.807) is 6.07 Å². The Morgan fingerprint density at radius 2 is 2.14 bits per heavy atom. The van der Waals surface area contributed by atoms with Crippen molar-refractivity contribution < 1.29 is 14.3 Å². The summed E-state index contributed by atoms with van der Waals surface area (Å²) in [6.07, 6.45) is 5.79. The Bertz CT molecular complexity index is 880. The maximum Gasteiger partial charge on any atom is 0.270 e. The Morgan fingerprint density at radius 1 is 1.31 bits per heavy atom. The van der Waals surface area contributed by atoms with Crippen LogP contribution in [0.4, 0.5) is 4.39 Å². The molecule has 0 radical (unpaired) electrons. The fourth-order valence-corrected chi connectivity index (χ4v) is 4.12. The minimum absolute atomic E-state index is 0. The van der Waals surface area contributed by atoms with E-state index >= 15 is 0 Å². The number of rotatable bonds is 4. The molecule has 2 aliphatic rings. The van der Waals surface area contributed by atoms with Gasteiger partial charge >= 0.3 is 0 Å². The van der Waals surface area contributed by atoms with Crippen molar-refractivity contribution in [1.82, 2.24) is 20.6 Å². The highest BCUT2D eigenvalue weighted by Crippen LogP contribution is 2.23. The van der Waals surface area contributed by atoms with Crippen LogP contribution in [-0.2, 0) is 19.4 Å². The van der Waals surface area contributed by atoms with E-state index in [1.165, 1.54) is 12.3 Å². The minimum atomic E-state index is -0.508. The highest BCUT2D eigenvalue weighted by Gasteiger charge is 2.26. The number of hydrogen-bond donors (Lipinski definition) is 3. The maximum atomic E-state index is 13.5. The smallest absolute Gasteiger partial charge is 0.270 e. The van der Waals surface area contributed by atoms with Crippen LogP contribution in [0.2, 0.25) is 0 Å². The number of carbonyl (C=O) groups is 1. The van der Waals surface area contributed by atoms with Crippen molar-refractivity contribution in [3.63, 3.8) is 0 Å². The number of halogens is 2. The maximum absolute atomic E-state index is 13.5. The third kappa shape index (κ3) is 5.10. The molecule has 1 aliphatic heterocycles. The van der Waals surface area contributed by atoms with Crippen molar-refractivity contribution in [2.75, 3.05) is 6.54 Å². The third-order valence-corrected chi connectivity index (χ3v) is 5.61. The highest BCUT2D eigenvalue weighted by atomic mass is 35.5. The van der Waals surface area contributed by atoms with E-state index in [9.17, 15) is 14.3 Å². The van der Waals surface area contributed by atoms with Gasteiger partial charge in [-0.3, -0.25) is 4.79 Å². The fourth-order valence-electron chi connectivity index (χ4n) is 4.12. The summed E-state index contributed by atoms with van der Waals surface area (Å²) in [6, 6.07) is 4.80. The Kier molecular flexibility index (Phi) is 7.16. The van der Waals surface area contributed by atoms with Crippen molar-refractivity contribution in [2.24, 2.45) is 0 Å². The van der Waals surface area contributed by atoms with Crippen molar-refractivity contribution >= 4 is 18.3 Å². The molecule has 29 heavy (non-hydrogen) atoms. The van der Waals surface area contributed by atoms with Gasteiger partial charge in [0.2, 0.25) is 5.95 Å². The van der Waals surface area contributed by atoms with E-state index < -0.39 is 12.1 Å². The lowest BCUT2D eigenvalue weighted by atomic mass is 9.92. The summed E-state index contributed by atoms with van der Waals surface area (Å²) in [5.41, 5.74) is 4.16. The van der Waals surface area contributed by atoms with Crippen LogP contribution < -0.4 is 10.6 Å². The molecule has 2 aromatic rings. The molecule has 1 fully saturated rings. The first-order valence-corrected chi connectivity index (χ1v) is 9.92.